The Morgan fingerprint density at radius 3 is 1.43 bits per heavy atom. The van der Waals surface area contributed by atoms with Gasteiger partial charge in [0.25, 0.3) is 0 Å². The van der Waals surface area contributed by atoms with E-state index >= 15 is 0 Å². The molecule has 0 bridgehead atoms. The van der Waals surface area contributed by atoms with Crippen LogP contribution in [0.25, 0.3) is 85.2 Å². The van der Waals surface area contributed by atoms with Gasteiger partial charge in [0, 0.05) is 20.2 Å². The van der Waals surface area contributed by atoms with Gasteiger partial charge >= 0.3 is 0 Å². The summed E-state index contributed by atoms with van der Waals surface area (Å²) in [6, 6.07) is 45.2. The molecule has 9 rings (SSSR count). The lowest BCUT2D eigenvalue weighted by Crippen LogP contribution is -1.89. The molecule has 0 saturated carbocycles. The molecule has 0 N–H and O–H groups in total. The van der Waals surface area contributed by atoms with Crippen LogP contribution in [-0.2, 0) is 0 Å². The van der Waals surface area contributed by atoms with Gasteiger partial charge in [0.05, 0.1) is 0 Å². The summed E-state index contributed by atoms with van der Waals surface area (Å²) in [6.07, 6.45) is 0. The van der Waals surface area contributed by atoms with Gasteiger partial charge in [-0.1, -0.05) is 97.1 Å². The van der Waals surface area contributed by atoms with Gasteiger partial charge in [-0.3, -0.25) is 0 Å². The highest BCUT2D eigenvalue weighted by atomic mass is 32.1. The van der Waals surface area contributed by atoms with Crippen molar-refractivity contribution < 1.29 is 0 Å². The lowest BCUT2D eigenvalue weighted by atomic mass is 9.85. The average molecular weight is 485 g/mol. The Morgan fingerprint density at radius 2 is 0.757 bits per heavy atom. The summed E-state index contributed by atoms with van der Waals surface area (Å²) < 4.78 is 2.70. The van der Waals surface area contributed by atoms with E-state index in [2.05, 4.69) is 121 Å². The van der Waals surface area contributed by atoms with E-state index in [0.29, 0.717) is 0 Å². The molecule has 8 aromatic carbocycles. The van der Waals surface area contributed by atoms with E-state index in [9.17, 15) is 0 Å². The Labute approximate surface area is 217 Å². The molecular weight excluding hydrogens is 464 g/mol. The number of thiophene rings is 1. The Balaban J connectivity index is 1.41. The molecular formula is C36H20S. The van der Waals surface area contributed by atoms with Gasteiger partial charge in [0.1, 0.15) is 0 Å². The van der Waals surface area contributed by atoms with E-state index < -0.39 is 0 Å². The molecule has 0 aliphatic carbocycles. The SMILES string of the molecule is c1ccc2c(c1)sc1ccc(-c3ccc4c(c3)c3cccc5c6ccccc6c6cccc4c6c53)cc12. The van der Waals surface area contributed by atoms with E-state index in [0.717, 1.165) is 0 Å². The van der Waals surface area contributed by atoms with Crippen molar-refractivity contribution >= 4 is 85.4 Å². The van der Waals surface area contributed by atoms with Crippen LogP contribution in [0.5, 0.6) is 0 Å². The molecule has 1 aromatic heterocycles. The number of fused-ring (bicyclic) bond motifs is 9. The lowest BCUT2D eigenvalue weighted by molar-refractivity contribution is 1.71. The molecule has 1 heteroatoms. The second kappa shape index (κ2) is 7.06. The summed E-state index contributed by atoms with van der Waals surface area (Å²) in [6.45, 7) is 0. The van der Waals surface area contributed by atoms with Gasteiger partial charge in [0.15, 0.2) is 0 Å². The van der Waals surface area contributed by atoms with Crippen molar-refractivity contribution in [3.63, 3.8) is 0 Å². The summed E-state index contributed by atoms with van der Waals surface area (Å²) in [4.78, 5) is 0. The molecule has 0 amide bonds. The van der Waals surface area contributed by atoms with Crippen LogP contribution in [0.15, 0.2) is 121 Å². The van der Waals surface area contributed by atoms with Gasteiger partial charge < -0.3 is 0 Å². The van der Waals surface area contributed by atoms with E-state index in [-0.39, 0.29) is 0 Å². The number of rotatable bonds is 1. The van der Waals surface area contributed by atoms with Crippen molar-refractivity contribution in [1.29, 1.82) is 0 Å². The van der Waals surface area contributed by atoms with E-state index in [1.165, 1.54) is 85.2 Å². The van der Waals surface area contributed by atoms with Crippen molar-refractivity contribution in [2.45, 2.75) is 0 Å². The Hall–Kier alpha value is -4.46. The van der Waals surface area contributed by atoms with Crippen LogP contribution < -0.4 is 0 Å². The summed E-state index contributed by atoms with van der Waals surface area (Å²) >= 11 is 1.88. The van der Waals surface area contributed by atoms with Crippen molar-refractivity contribution in [3.8, 4) is 11.1 Å². The first-order valence-electron chi connectivity index (χ1n) is 12.8. The minimum absolute atomic E-state index is 1.27. The Kier molecular flexibility index (Phi) is 3.76. The number of hydrogen-bond acceptors (Lipinski definition) is 1. The number of hydrogen-bond donors (Lipinski definition) is 0. The molecule has 0 nitrogen and oxygen atoms in total. The van der Waals surface area contributed by atoms with E-state index in [1.54, 1.807) is 0 Å². The van der Waals surface area contributed by atoms with Gasteiger partial charge in [-0.2, -0.15) is 0 Å². The first-order chi connectivity index (χ1) is 18.3. The minimum atomic E-state index is 1.27. The molecule has 0 aliphatic heterocycles. The predicted octanol–water partition coefficient (Wildman–Crippen LogP) is 10.9. The summed E-state index contributed by atoms with van der Waals surface area (Å²) in [5, 5.41) is 16.2. The fourth-order valence-corrected chi connectivity index (χ4v) is 7.67. The molecule has 1 heterocycles. The van der Waals surface area contributed by atoms with Crippen molar-refractivity contribution in [2.24, 2.45) is 0 Å². The number of benzene rings is 8. The molecule has 9 aromatic rings. The van der Waals surface area contributed by atoms with Gasteiger partial charge in [0.2, 0.25) is 0 Å². The molecule has 0 saturated heterocycles. The van der Waals surface area contributed by atoms with Crippen LogP contribution in [0.3, 0.4) is 0 Å². The second-order valence-electron chi connectivity index (χ2n) is 10.1. The van der Waals surface area contributed by atoms with Crippen LogP contribution in [-0.4, -0.2) is 0 Å². The molecule has 0 fully saturated rings. The van der Waals surface area contributed by atoms with Crippen molar-refractivity contribution in [2.75, 3.05) is 0 Å². The maximum atomic E-state index is 2.41. The smallest absolute Gasteiger partial charge is 0.0355 e. The molecule has 37 heavy (non-hydrogen) atoms. The molecule has 0 aliphatic rings. The Morgan fingerprint density at radius 1 is 0.297 bits per heavy atom. The van der Waals surface area contributed by atoms with Crippen LogP contribution in [0, 0.1) is 0 Å². The quantitative estimate of drug-likeness (QED) is 0.160. The van der Waals surface area contributed by atoms with Crippen LogP contribution in [0.2, 0.25) is 0 Å². The zero-order chi connectivity index (χ0) is 24.1. The highest BCUT2D eigenvalue weighted by molar-refractivity contribution is 7.25. The second-order valence-corrected chi connectivity index (χ2v) is 11.2. The van der Waals surface area contributed by atoms with Crippen LogP contribution >= 0.6 is 11.3 Å². The monoisotopic (exact) mass is 484 g/mol. The molecule has 0 atom stereocenters. The van der Waals surface area contributed by atoms with E-state index in [4.69, 9.17) is 0 Å². The highest BCUT2D eigenvalue weighted by Crippen LogP contribution is 2.45. The first-order valence-corrected chi connectivity index (χ1v) is 13.6. The maximum Gasteiger partial charge on any atom is 0.0355 e. The molecule has 0 unspecified atom stereocenters. The highest BCUT2D eigenvalue weighted by Gasteiger charge is 2.17. The van der Waals surface area contributed by atoms with Gasteiger partial charge in [-0.05, 0) is 89.3 Å². The van der Waals surface area contributed by atoms with Crippen LogP contribution in [0.4, 0.5) is 0 Å². The molecule has 170 valence electrons. The van der Waals surface area contributed by atoms with E-state index in [1.807, 2.05) is 11.3 Å². The van der Waals surface area contributed by atoms with Crippen molar-refractivity contribution in [3.05, 3.63) is 121 Å². The zero-order valence-electron chi connectivity index (χ0n) is 20.0. The fraction of sp³-hybridized carbons (Fsp3) is 0. The molecule has 0 spiro atoms. The first kappa shape index (κ1) is 19.7. The third-order valence-corrected chi connectivity index (χ3v) is 9.35. The average Bonchev–Trinajstić information content (AvgIpc) is 3.34. The standard InChI is InChI=1S/C36H20S/c1-2-8-24-23(7-1)27-10-5-12-29-25-17-15-21(19-31(25)30-13-6-11-28(24)36(30)35(27)29)22-16-18-34-32(20-22)26-9-3-4-14-33(26)37-34/h1-20H. The van der Waals surface area contributed by atoms with Crippen LogP contribution in [0.1, 0.15) is 0 Å². The fourth-order valence-electron chi connectivity index (χ4n) is 6.58. The largest absolute Gasteiger partial charge is 0.135 e. The summed E-state index contributed by atoms with van der Waals surface area (Å²) in [7, 11) is 0. The Bertz CT molecular complexity index is 2350. The third kappa shape index (κ3) is 2.57. The minimum Gasteiger partial charge on any atom is -0.135 e. The third-order valence-electron chi connectivity index (χ3n) is 8.20. The predicted molar refractivity (Wildman–Crippen MR) is 163 cm³/mol. The van der Waals surface area contributed by atoms with Gasteiger partial charge in [-0.25, -0.2) is 0 Å². The lowest BCUT2D eigenvalue weighted by Gasteiger charge is -2.18. The maximum absolute atomic E-state index is 2.41. The van der Waals surface area contributed by atoms with Crippen molar-refractivity contribution in [1.82, 2.24) is 0 Å². The zero-order valence-corrected chi connectivity index (χ0v) is 20.8. The topological polar surface area (TPSA) is 0 Å². The summed E-state index contributed by atoms with van der Waals surface area (Å²) in [5.41, 5.74) is 2.54. The normalized spacial score (nSPS) is 12.3. The van der Waals surface area contributed by atoms with Gasteiger partial charge in [-0.15, -0.1) is 11.3 Å². The molecule has 0 radical (unpaired) electrons. The summed E-state index contributed by atoms with van der Waals surface area (Å²) in [5.74, 6) is 0.